The molecule has 180 valence electrons. The zero-order chi connectivity index (χ0) is 24.7. The van der Waals surface area contributed by atoms with Gasteiger partial charge >= 0.3 is 0 Å². The molecule has 7 nitrogen and oxygen atoms in total. The Kier molecular flexibility index (Phi) is 6.17. The van der Waals surface area contributed by atoms with Crippen molar-refractivity contribution >= 4 is 23.1 Å². The Labute approximate surface area is 205 Å². The van der Waals surface area contributed by atoms with Crippen LogP contribution in [-0.4, -0.2) is 42.8 Å². The van der Waals surface area contributed by atoms with Crippen LogP contribution in [0.5, 0.6) is 5.75 Å². The van der Waals surface area contributed by atoms with E-state index in [1.807, 2.05) is 4.90 Å². The number of fused-ring (bicyclic) bond motifs is 1. The van der Waals surface area contributed by atoms with Gasteiger partial charge in [-0.05, 0) is 49.5 Å². The molecule has 2 unspecified atom stereocenters. The van der Waals surface area contributed by atoms with Crippen molar-refractivity contribution in [2.45, 2.75) is 6.42 Å². The zero-order valence-corrected chi connectivity index (χ0v) is 19.6. The van der Waals surface area contributed by atoms with Crippen LogP contribution < -0.4 is 20.5 Å². The molecule has 2 aliphatic rings. The molecule has 0 saturated carbocycles. The molecule has 2 saturated heterocycles. The number of hydrogen-bond acceptors (Lipinski definition) is 5. The smallest absolute Gasteiger partial charge is 0.279 e. The lowest BCUT2D eigenvalue weighted by Crippen LogP contribution is -2.41. The maximum atomic E-state index is 14.6. The van der Waals surface area contributed by atoms with E-state index < -0.39 is 17.2 Å². The van der Waals surface area contributed by atoms with Crippen LogP contribution in [0.3, 0.4) is 0 Å². The Morgan fingerprint density at radius 2 is 1.97 bits per heavy atom. The van der Waals surface area contributed by atoms with Crippen molar-refractivity contribution in [3.05, 3.63) is 74.8 Å². The molecular weight excluding hydrogens is 476 g/mol. The van der Waals surface area contributed by atoms with Gasteiger partial charge in [-0.1, -0.05) is 23.7 Å². The lowest BCUT2D eigenvalue weighted by atomic mass is 9.89. The highest BCUT2D eigenvalue weighted by Crippen LogP contribution is 2.34. The number of halogens is 3. The number of piperidine rings is 1. The summed E-state index contributed by atoms with van der Waals surface area (Å²) < 4.78 is 35.3. The Bertz CT molecular complexity index is 1400. The van der Waals surface area contributed by atoms with Crippen molar-refractivity contribution in [2.75, 3.05) is 38.2 Å². The van der Waals surface area contributed by atoms with Gasteiger partial charge in [0.15, 0.2) is 17.4 Å². The second kappa shape index (κ2) is 9.29. The first-order valence-corrected chi connectivity index (χ1v) is 11.6. The molecule has 3 aromatic rings. The van der Waals surface area contributed by atoms with E-state index >= 15 is 0 Å². The number of nitrogens with zero attached hydrogens (tertiary/aromatic N) is 4. The maximum Gasteiger partial charge on any atom is 0.279 e. The molecule has 0 radical (unpaired) electrons. The highest BCUT2D eigenvalue weighted by atomic mass is 35.5. The van der Waals surface area contributed by atoms with E-state index in [1.54, 1.807) is 0 Å². The van der Waals surface area contributed by atoms with Crippen LogP contribution in [0.4, 0.5) is 20.3 Å². The van der Waals surface area contributed by atoms with Crippen molar-refractivity contribution in [3.63, 3.8) is 0 Å². The quantitative estimate of drug-likeness (QED) is 0.540. The van der Waals surface area contributed by atoms with Crippen molar-refractivity contribution in [1.29, 1.82) is 0 Å². The van der Waals surface area contributed by atoms with E-state index in [-0.39, 0.29) is 33.5 Å². The first-order valence-electron chi connectivity index (χ1n) is 11.2. The number of benzene rings is 2. The minimum Gasteiger partial charge on any atom is -0.494 e. The fourth-order valence-electron chi connectivity index (χ4n) is 4.89. The molecule has 2 aromatic carbocycles. The number of hydrogen-bond donors (Lipinski definition) is 1. The van der Waals surface area contributed by atoms with Gasteiger partial charge in [0.2, 0.25) is 5.69 Å². The van der Waals surface area contributed by atoms with Crippen molar-refractivity contribution in [1.82, 2.24) is 14.9 Å². The van der Waals surface area contributed by atoms with Crippen LogP contribution in [0.25, 0.3) is 21.9 Å². The van der Waals surface area contributed by atoms with Gasteiger partial charge in [-0.3, -0.25) is 9.36 Å². The molecule has 1 N–H and O–H groups in total. The number of anilines is 1. The van der Waals surface area contributed by atoms with E-state index in [1.165, 1.54) is 31.4 Å². The molecule has 2 aliphatic heterocycles. The third-order valence-electron chi connectivity index (χ3n) is 6.73. The van der Waals surface area contributed by atoms with Gasteiger partial charge < -0.3 is 15.0 Å². The zero-order valence-electron chi connectivity index (χ0n) is 18.9. The minimum atomic E-state index is -0.742. The van der Waals surface area contributed by atoms with Crippen molar-refractivity contribution < 1.29 is 13.5 Å². The van der Waals surface area contributed by atoms with Gasteiger partial charge in [0.1, 0.15) is 16.7 Å². The molecule has 1 aromatic heterocycles. The van der Waals surface area contributed by atoms with Gasteiger partial charge in [-0.25, -0.2) is 18.6 Å². The van der Waals surface area contributed by atoms with Crippen LogP contribution in [0.15, 0.2) is 41.2 Å². The highest BCUT2D eigenvalue weighted by Gasteiger charge is 2.35. The summed E-state index contributed by atoms with van der Waals surface area (Å²) in [5.41, 5.74) is -0.322. The Balaban J connectivity index is 1.70. The highest BCUT2D eigenvalue weighted by molar-refractivity contribution is 6.32. The molecular formula is C25H22ClF2N5O2. The molecule has 0 bridgehead atoms. The molecule has 0 aliphatic carbocycles. The topological polar surface area (TPSA) is 63.8 Å². The number of rotatable bonds is 4. The molecule has 5 rings (SSSR count). The number of aromatic nitrogens is 2. The first-order chi connectivity index (χ1) is 16.9. The SMILES string of the molecule is [C-]#[N+]c1ccc(-c2nc(N3CCC4CNCC4C3)c(Cl)c(=O)n2-c2ccc(OC)c(F)c2)cc1F. The van der Waals surface area contributed by atoms with Crippen LogP contribution in [0, 0.1) is 30.0 Å². The Morgan fingerprint density at radius 3 is 2.69 bits per heavy atom. The van der Waals surface area contributed by atoms with Gasteiger partial charge in [0.25, 0.3) is 5.56 Å². The van der Waals surface area contributed by atoms with E-state index in [4.69, 9.17) is 27.9 Å². The lowest BCUT2D eigenvalue weighted by Gasteiger charge is -2.35. The minimum absolute atomic E-state index is 0.0134. The first kappa shape index (κ1) is 23.3. The predicted molar refractivity (Wildman–Crippen MR) is 130 cm³/mol. The molecule has 10 heteroatoms. The average Bonchev–Trinajstić information content (AvgIpc) is 3.33. The van der Waals surface area contributed by atoms with Gasteiger partial charge in [-0.15, -0.1) is 0 Å². The largest absolute Gasteiger partial charge is 0.494 e. The second-order valence-electron chi connectivity index (χ2n) is 8.72. The van der Waals surface area contributed by atoms with E-state index in [9.17, 15) is 13.6 Å². The van der Waals surface area contributed by atoms with Gasteiger partial charge in [0, 0.05) is 24.7 Å². The molecule has 0 amide bonds. The molecule has 2 fully saturated rings. The van der Waals surface area contributed by atoms with Crippen LogP contribution in [0.1, 0.15) is 6.42 Å². The normalized spacial score (nSPS) is 19.3. The number of methoxy groups -OCH3 is 1. The van der Waals surface area contributed by atoms with E-state index in [0.29, 0.717) is 30.7 Å². The summed E-state index contributed by atoms with van der Waals surface area (Å²) in [4.78, 5) is 23.5. The fraction of sp³-hybridized carbons (Fsp3) is 0.320. The Morgan fingerprint density at radius 1 is 1.17 bits per heavy atom. The predicted octanol–water partition coefficient (Wildman–Crippen LogP) is 4.44. The third kappa shape index (κ3) is 4.13. The summed E-state index contributed by atoms with van der Waals surface area (Å²) in [5, 5.41) is 3.31. The lowest BCUT2D eigenvalue weighted by molar-refractivity contribution is 0.347. The van der Waals surface area contributed by atoms with Crippen molar-refractivity contribution in [3.8, 4) is 22.8 Å². The number of nitrogens with one attached hydrogen (secondary N) is 1. The van der Waals surface area contributed by atoms with Gasteiger partial charge in [0.05, 0.1) is 19.4 Å². The van der Waals surface area contributed by atoms with E-state index in [2.05, 4.69) is 10.2 Å². The maximum absolute atomic E-state index is 14.6. The molecule has 3 heterocycles. The van der Waals surface area contributed by atoms with Crippen LogP contribution >= 0.6 is 11.6 Å². The summed E-state index contributed by atoms with van der Waals surface area (Å²) >= 11 is 6.58. The summed E-state index contributed by atoms with van der Waals surface area (Å²) in [7, 11) is 1.34. The van der Waals surface area contributed by atoms with Gasteiger partial charge in [-0.2, -0.15) is 0 Å². The standard InChI is InChI=1S/C25H22ClF2N5O2/c1-29-20-5-3-14(9-18(20)27)23-31-24(32-8-7-15-11-30-12-16(15)13-32)22(26)25(34)33(23)17-4-6-21(35-2)19(28)10-17/h3-6,9-10,15-16,30H,7-8,11-13H2,2H3. The summed E-state index contributed by atoms with van der Waals surface area (Å²) in [6.45, 7) is 10.4. The Hall–Kier alpha value is -3.48. The fourth-order valence-corrected chi connectivity index (χ4v) is 5.14. The monoisotopic (exact) mass is 497 g/mol. The summed E-state index contributed by atoms with van der Waals surface area (Å²) in [6.07, 6.45) is 0.937. The summed E-state index contributed by atoms with van der Waals surface area (Å²) in [6, 6.07) is 8.02. The second-order valence-corrected chi connectivity index (χ2v) is 9.10. The molecule has 35 heavy (non-hydrogen) atoms. The van der Waals surface area contributed by atoms with Crippen molar-refractivity contribution in [2.24, 2.45) is 11.8 Å². The average molecular weight is 498 g/mol. The molecule has 2 atom stereocenters. The van der Waals surface area contributed by atoms with E-state index in [0.717, 1.165) is 36.2 Å². The summed E-state index contributed by atoms with van der Waals surface area (Å²) in [5.74, 6) is 0.000397. The molecule has 0 spiro atoms. The number of ether oxygens (including phenoxy) is 1. The van der Waals surface area contributed by atoms with Crippen LogP contribution in [0.2, 0.25) is 5.02 Å². The van der Waals surface area contributed by atoms with Crippen LogP contribution in [-0.2, 0) is 0 Å². The third-order valence-corrected chi connectivity index (χ3v) is 7.07.